The molecule has 0 aromatic heterocycles. The zero-order chi connectivity index (χ0) is 16.1. The maximum atomic E-state index is 12.3. The Bertz CT molecular complexity index is 401. The Morgan fingerprint density at radius 3 is 2.73 bits per heavy atom. The predicted octanol–water partition coefficient (Wildman–Crippen LogP) is 1.46. The summed E-state index contributed by atoms with van der Waals surface area (Å²) in [6.07, 6.45) is 2.76. The number of hydrogen-bond donors (Lipinski definition) is 2. The second-order valence-corrected chi connectivity index (χ2v) is 7.73. The summed E-state index contributed by atoms with van der Waals surface area (Å²) in [5.74, 6) is 0.218. The SMILES string of the molecule is CCN(CC(=O)O)C1CC(NC(=O)N2CCSC(C)CC2)C1. The molecule has 1 atom stereocenters. The minimum absolute atomic E-state index is 0.0411. The summed E-state index contributed by atoms with van der Waals surface area (Å²) in [6.45, 7) is 6.66. The number of nitrogens with one attached hydrogen (secondary N) is 1. The van der Waals surface area contributed by atoms with E-state index in [1.807, 2.05) is 28.5 Å². The molecule has 6 nitrogen and oxygen atoms in total. The third-order valence-corrected chi connectivity index (χ3v) is 5.78. The standard InChI is InChI=1S/C15H27N3O3S/c1-3-17(10-14(19)20)13-8-12(9-13)16-15(21)18-5-4-11(2)22-7-6-18/h11-13H,3-10H2,1-2H3,(H,16,21)(H,19,20). The first-order valence-corrected chi connectivity index (χ1v) is 9.17. The molecule has 1 heterocycles. The van der Waals surface area contributed by atoms with Gasteiger partial charge in [0.15, 0.2) is 0 Å². The molecule has 1 aliphatic carbocycles. The zero-order valence-electron chi connectivity index (χ0n) is 13.5. The highest BCUT2D eigenvalue weighted by Gasteiger charge is 2.35. The maximum absolute atomic E-state index is 12.3. The Kier molecular flexibility index (Phi) is 6.37. The maximum Gasteiger partial charge on any atom is 0.317 e. The number of urea groups is 1. The summed E-state index contributed by atoms with van der Waals surface area (Å²) in [5, 5.41) is 12.6. The first-order valence-electron chi connectivity index (χ1n) is 8.12. The van der Waals surface area contributed by atoms with E-state index in [1.54, 1.807) is 0 Å². The molecule has 1 saturated carbocycles. The molecule has 7 heteroatoms. The lowest BCUT2D eigenvalue weighted by atomic mass is 9.85. The molecule has 2 N–H and O–H groups in total. The van der Waals surface area contributed by atoms with Crippen molar-refractivity contribution in [1.29, 1.82) is 0 Å². The van der Waals surface area contributed by atoms with Crippen LogP contribution in [0.3, 0.4) is 0 Å². The predicted molar refractivity (Wildman–Crippen MR) is 88.3 cm³/mol. The van der Waals surface area contributed by atoms with Crippen LogP contribution in [0.25, 0.3) is 0 Å². The Labute approximate surface area is 136 Å². The second kappa shape index (κ2) is 8.06. The molecule has 0 aromatic carbocycles. The van der Waals surface area contributed by atoms with Gasteiger partial charge in [-0.15, -0.1) is 0 Å². The van der Waals surface area contributed by atoms with Crippen LogP contribution < -0.4 is 5.32 Å². The minimum Gasteiger partial charge on any atom is -0.480 e. The fraction of sp³-hybridized carbons (Fsp3) is 0.867. The van der Waals surface area contributed by atoms with Gasteiger partial charge in [-0.3, -0.25) is 9.69 Å². The average molecular weight is 329 g/mol. The van der Waals surface area contributed by atoms with Crippen molar-refractivity contribution < 1.29 is 14.7 Å². The summed E-state index contributed by atoms with van der Waals surface area (Å²) in [4.78, 5) is 27.0. The van der Waals surface area contributed by atoms with E-state index < -0.39 is 5.97 Å². The van der Waals surface area contributed by atoms with Crippen LogP contribution in [0.4, 0.5) is 4.79 Å². The van der Waals surface area contributed by atoms with Crippen molar-refractivity contribution in [2.45, 2.75) is 50.4 Å². The van der Waals surface area contributed by atoms with Gasteiger partial charge in [-0.2, -0.15) is 11.8 Å². The lowest BCUT2D eigenvalue weighted by Gasteiger charge is -2.42. The van der Waals surface area contributed by atoms with Crippen LogP contribution in [-0.2, 0) is 4.79 Å². The molecule has 1 saturated heterocycles. The van der Waals surface area contributed by atoms with E-state index in [9.17, 15) is 9.59 Å². The Hall–Kier alpha value is -0.950. The number of carbonyl (C=O) groups excluding carboxylic acids is 1. The first-order chi connectivity index (χ1) is 10.5. The van der Waals surface area contributed by atoms with E-state index in [-0.39, 0.29) is 24.7 Å². The number of likely N-dealkylation sites (N-methyl/N-ethyl adjacent to an activating group) is 1. The van der Waals surface area contributed by atoms with Crippen molar-refractivity contribution in [3.8, 4) is 0 Å². The topological polar surface area (TPSA) is 72.9 Å². The zero-order valence-corrected chi connectivity index (χ0v) is 14.3. The summed E-state index contributed by atoms with van der Waals surface area (Å²) < 4.78 is 0. The highest BCUT2D eigenvalue weighted by Crippen LogP contribution is 2.26. The summed E-state index contributed by atoms with van der Waals surface area (Å²) in [7, 11) is 0. The van der Waals surface area contributed by atoms with Crippen molar-refractivity contribution in [1.82, 2.24) is 15.1 Å². The van der Waals surface area contributed by atoms with Gasteiger partial charge in [0.05, 0.1) is 6.54 Å². The van der Waals surface area contributed by atoms with Crippen molar-refractivity contribution >= 4 is 23.8 Å². The molecule has 22 heavy (non-hydrogen) atoms. The Morgan fingerprint density at radius 2 is 2.09 bits per heavy atom. The van der Waals surface area contributed by atoms with Crippen molar-refractivity contribution in [2.75, 3.05) is 31.9 Å². The van der Waals surface area contributed by atoms with Gasteiger partial charge in [0.25, 0.3) is 0 Å². The number of rotatable bonds is 5. The van der Waals surface area contributed by atoms with E-state index in [0.29, 0.717) is 5.25 Å². The second-order valence-electron chi connectivity index (χ2n) is 6.19. The van der Waals surface area contributed by atoms with Gasteiger partial charge < -0.3 is 15.3 Å². The summed E-state index contributed by atoms with van der Waals surface area (Å²) >= 11 is 1.93. The van der Waals surface area contributed by atoms with Crippen LogP contribution in [0.2, 0.25) is 0 Å². The smallest absolute Gasteiger partial charge is 0.317 e. The number of carboxylic acids is 1. The molecular formula is C15H27N3O3S. The van der Waals surface area contributed by atoms with Crippen LogP contribution in [-0.4, -0.2) is 76.2 Å². The highest BCUT2D eigenvalue weighted by molar-refractivity contribution is 7.99. The van der Waals surface area contributed by atoms with Crippen molar-refractivity contribution in [3.05, 3.63) is 0 Å². The van der Waals surface area contributed by atoms with Crippen LogP contribution in [0.1, 0.15) is 33.1 Å². The molecule has 2 aliphatic rings. The minimum atomic E-state index is -0.787. The van der Waals surface area contributed by atoms with Crippen LogP contribution in [0.15, 0.2) is 0 Å². The van der Waals surface area contributed by atoms with Crippen molar-refractivity contribution in [2.24, 2.45) is 0 Å². The normalized spacial score (nSPS) is 28.9. The van der Waals surface area contributed by atoms with E-state index in [1.165, 1.54) is 0 Å². The van der Waals surface area contributed by atoms with Gasteiger partial charge in [-0.25, -0.2) is 4.79 Å². The van der Waals surface area contributed by atoms with Gasteiger partial charge in [0.1, 0.15) is 0 Å². The van der Waals surface area contributed by atoms with E-state index in [4.69, 9.17) is 5.11 Å². The lowest BCUT2D eigenvalue weighted by molar-refractivity contribution is -0.139. The average Bonchev–Trinajstić information content (AvgIpc) is 2.64. The number of amides is 2. The lowest BCUT2D eigenvalue weighted by Crippen LogP contribution is -2.57. The fourth-order valence-electron chi connectivity index (χ4n) is 3.04. The third-order valence-electron chi connectivity index (χ3n) is 4.56. The number of hydrogen-bond acceptors (Lipinski definition) is 4. The van der Waals surface area contributed by atoms with Crippen LogP contribution in [0, 0.1) is 0 Å². The van der Waals surface area contributed by atoms with Crippen molar-refractivity contribution in [3.63, 3.8) is 0 Å². The van der Waals surface area contributed by atoms with E-state index in [2.05, 4.69) is 12.2 Å². The van der Waals surface area contributed by atoms with E-state index >= 15 is 0 Å². The molecule has 2 amide bonds. The molecule has 2 rings (SSSR count). The number of aliphatic carboxylic acids is 1. The number of carboxylic acid groups (broad SMARTS) is 1. The van der Waals surface area contributed by atoms with Gasteiger partial charge in [0, 0.05) is 36.2 Å². The summed E-state index contributed by atoms with van der Waals surface area (Å²) in [5.41, 5.74) is 0. The number of nitrogens with zero attached hydrogens (tertiary/aromatic N) is 2. The molecule has 0 spiro atoms. The third kappa shape index (κ3) is 4.78. The molecule has 126 valence electrons. The van der Waals surface area contributed by atoms with Crippen LogP contribution >= 0.6 is 11.8 Å². The molecule has 0 bridgehead atoms. The highest BCUT2D eigenvalue weighted by atomic mass is 32.2. The van der Waals surface area contributed by atoms with Gasteiger partial charge in [-0.1, -0.05) is 13.8 Å². The quantitative estimate of drug-likeness (QED) is 0.799. The van der Waals surface area contributed by atoms with E-state index in [0.717, 1.165) is 44.6 Å². The molecule has 1 aliphatic heterocycles. The number of thioether (sulfide) groups is 1. The van der Waals surface area contributed by atoms with Crippen LogP contribution in [0.5, 0.6) is 0 Å². The number of carbonyl (C=O) groups is 2. The van der Waals surface area contributed by atoms with Gasteiger partial charge >= 0.3 is 12.0 Å². The Balaban J connectivity index is 1.72. The Morgan fingerprint density at radius 1 is 1.36 bits per heavy atom. The molecule has 1 unspecified atom stereocenters. The molecule has 2 fully saturated rings. The summed E-state index contributed by atoms with van der Waals surface area (Å²) in [6, 6.07) is 0.513. The first kappa shape index (κ1) is 17.4. The van der Waals surface area contributed by atoms with Gasteiger partial charge in [0.2, 0.25) is 0 Å². The molecule has 0 radical (unpaired) electrons. The van der Waals surface area contributed by atoms with Gasteiger partial charge in [-0.05, 0) is 25.8 Å². The monoisotopic (exact) mass is 329 g/mol. The fourth-order valence-corrected chi connectivity index (χ4v) is 4.04. The molecular weight excluding hydrogens is 302 g/mol. The largest absolute Gasteiger partial charge is 0.480 e. The molecule has 0 aromatic rings.